The van der Waals surface area contributed by atoms with E-state index in [1.807, 2.05) is 55.5 Å². The fourth-order valence-corrected chi connectivity index (χ4v) is 4.51. The van der Waals surface area contributed by atoms with E-state index in [2.05, 4.69) is 16.4 Å². The van der Waals surface area contributed by atoms with Crippen LogP contribution < -0.4 is 14.4 Å². The third-order valence-electron chi connectivity index (χ3n) is 5.95. The lowest BCUT2D eigenvalue weighted by Crippen LogP contribution is -2.50. The molecule has 2 aromatic rings. The lowest BCUT2D eigenvalue weighted by molar-refractivity contribution is -0.574. The molecule has 0 aromatic heterocycles. The van der Waals surface area contributed by atoms with Gasteiger partial charge in [0.05, 0.1) is 20.3 Å². The third kappa shape index (κ3) is 2.94. The predicted octanol–water partition coefficient (Wildman–Crippen LogP) is 3.74. The van der Waals surface area contributed by atoms with E-state index in [4.69, 9.17) is 9.47 Å². The van der Waals surface area contributed by atoms with Gasteiger partial charge >= 0.3 is 0 Å². The number of methoxy groups -OCH3 is 1. The van der Waals surface area contributed by atoms with Crippen molar-refractivity contribution in [3.8, 4) is 11.5 Å². The summed E-state index contributed by atoms with van der Waals surface area (Å²) in [6, 6.07) is 15.7. The average Bonchev–Trinajstić information content (AvgIpc) is 2.97. The Morgan fingerprint density at radius 3 is 2.39 bits per heavy atom. The van der Waals surface area contributed by atoms with Gasteiger partial charge < -0.3 is 14.6 Å². The Morgan fingerprint density at radius 2 is 1.75 bits per heavy atom. The van der Waals surface area contributed by atoms with Crippen molar-refractivity contribution in [2.24, 2.45) is 0 Å². The van der Waals surface area contributed by atoms with Crippen molar-refractivity contribution in [3.63, 3.8) is 0 Å². The van der Waals surface area contributed by atoms with E-state index in [1.54, 1.807) is 7.11 Å². The second-order valence-electron chi connectivity index (χ2n) is 7.46. The van der Waals surface area contributed by atoms with E-state index in [0.717, 1.165) is 48.6 Å². The highest BCUT2D eigenvalue weighted by atomic mass is 16.5. The molecule has 148 valence electrons. The van der Waals surface area contributed by atoms with Crippen molar-refractivity contribution in [2.45, 2.75) is 44.9 Å². The quantitative estimate of drug-likeness (QED) is 0.802. The highest BCUT2D eigenvalue weighted by Gasteiger charge is 2.59. The highest BCUT2D eigenvalue weighted by molar-refractivity contribution is 5.97. The summed E-state index contributed by atoms with van der Waals surface area (Å²) in [4.78, 5) is 2.12. The number of rotatable bonds is 5. The smallest absolute Gasteiger partial charge is 0.278 e. The number of anilines is 1. The van der Waals surface area contributed by atoms with Gasteiger partial charge in [-0.3, -0.25) is 4.58 Å². The van der Waals surface area contributed by atoms with Crippen LogP contribution in [0.25, 0.3) is 0 Å². The normalized spacial score (nSPS) is 24.3. The Bertz CT molecular complexity index is 860. The van der Waals surface area contributed by atoms with E-state index in [9.17, 15) is 5.11 Å². The molecular weight excluding hydrogens is 352 g/mol. The molecule has 0 aliphatic carbocycles. The molecule has 1 N–H and O–H groups in total. The average molecular weight is 381 g/mol. The summed E-state index contributed by atoms with van der Waals surface area (Å²) in [7, 11) is 1.67. The van der Waals surface area contributed by atoms with Gasteiger partial charge in [0, 0.05) is 12.0 Å². The molecule has 5 heteroatoms. The van der Waals surface area contributed by atoms with Gasteiger partial charge in [-0.1, -0.05) is 0 Å². The van der Waals surface area contributed by atoms with Gasteiger partial charge in [-0.05, 0) is 75.2 Å². The first kappa shape index (κ1) is 18.8. The number of ether oxygens (including phenoxy) is 2. The van der Waals surface area contributed by atoms with Gasteiger partial charge in [0.25, 0.3) is 11.6 Å². The molecule has 28 heavy (non-hydrogen) atoms. The molecule has 2 aromatic carbocycles. The molecule has 4 rings (SSSR count). The molecule has 0 unspecified atom stereocenters. The number of hydrogen-bond donors (Lipinski definition) is 1. The summed E-state index contributed by atoms with van der Waals surface area (Å²) >= 11 is 0. The van der Waals surface area contributed by atoms with Gasteiger partial charge in [-0.25, -0.2) is 0 Å². The molecule has 2 heterocycles. The molecule has 5 nitrogen and oxygen atoms in total. The number of nitrogens with zero attached hydrogens (tertiary/aromatic N) is 2. The summed E-state index contributed by atoms with van der Waals surface area (Å²) in [6.45, 7) is 5.69. The van der Waals surface area contributed by atoms with Crippen LogP contribution in [0, 0.1) is 0 Å². The van der Waals surface area contributed by atoms with Crippen LogP contribution in [0.5, 0.6) is 11.5 Å². The van der Waals surface area contributed by atoms with E-state index < -0.39 is 5.72 Å². The Balaban J connectivity index is 1.80. The second kappa shape index (κ2) is 7.47. The summed E-state index contributed by atoms with van der Waals surface area (Å²) in [6.07, 6.45) is 3.27. The molecule has 0 saturated carbocycles. The molecule has 2 aliphatic rings. The van der Waals surface area contributed by atoms with Crippen LogP contribution in [0.15, 0.2) is 48.5 Å². The maximum Gasteiger partial charge on any atom is 0.278 e. The molecule has 2 atom stereocenters. The zero-order valence-corrected chi connectivity index (χ0v) is 16.9. The lowest BCUT2D eigenvalue weighted by Gasteiger charge is -2.31. The van der Waals surface area contributed by atoms with Crippen molar-refractivity contribution in [3.05, 3.63) is 54.1 Å². The van der Waals surface area contributed by atoms with Gasteiger partial charge in [0.15, 0.2) is 6.04 Å². The second-order valence-corrected chi connectivity index (χ2v) is 7.46. The van der Waals surface area contributed by atoms with Gasteiger partial charge in [0.2, 0.25) is 0 Å². The van der Waals surface area contributed by atoms with Crippen LogP contribution in [0.4, 0.5) is 5.69 Å². The van der Waals surface area contributed by atoms with Crippen molar-refractivity contribution in [1.29, 1.82) is 0 Å². The number of aliphatic hydroxyl groups is 1. The number of hydrogen-bond acceptors (Lipinski definition) is 4. The van der Waals surface area contributed by atoms with E-state index in [0.29, 0.717) is 6.61 Å². The molecule has 0 saturated heterocycles. The first-order valence-corrected chi connectivity index (χ1v) is 10.1. The van der Waals surface area contributed by atoms with Crippen molar-refractivity contribution in [1.82, 2.24) is 0 Å². The van der Waals surface area contributed by atoms with Crippen molar-refractivity contribution >= 4 is 11.5 Å². The fourth-order valence-electron chi connectivity index (χ4n) is 4.51. The molecule has 0 spiro atoms. The zero-order chi connectivity index (χ0) is 19.7. The maximum absolute atomic E-state index is 12.1. The standard InChI is InChI=1S/C23H29N2O3/c1-4-28-21-12-8-18(9-13-21)23(26)17(2)24-16-6-5-7-22(24)25(23)19-10-14-20(27-3)15-11-19/h8-15,17,26H,4-7,16H2,1-3H3/q+1/t17-,23+/m0/s1. The van der Waals surface area contributed by atoms with Gasteiger partial charge in [-0.15, -0.1) is 0 Å². The van der Waals surface area contributed by atoms with Crippen LogP contribution in [0.3, 0.4) is 0 Å². The molecule has 0 bridgehead atoms. The number of amidine groups is 1. The maximum atomic E-state index is 12.1. The first-order chi connectivity index (χ1) is 13.6. The van der Waals surface area contributed by atoms with Crippen molar-refractivity contribution in [2.75, 3.05) is 25.2 Å². The molecular formula is C23H29N2O3+. The van der Waals surface area contributed by atoms with E-state index in [1.165, 1.54) is 5.84 Å². The minimum Gasteiger partial charge on any atom is -0.497 e. The molecule has 0 fully saturated rings. The summed E-state index contributed by atoms with van der Waals surface area (Å²) in [5.41, 5.74) is 0.712. The van der Waals surface area contributed by atoms with Gasteiger partial charge in [0.1, 0.15) is 17.2 Å². The first-order valence-electron chi connectivity index (χ1n) is 10.1. The van der Waals surface area contributed by atoms with Crippen LogP contribution in [-0.2, 0) is 5.72 Å². The Hall–Kier alpha value is -2.53. The van der Waals surface area contributed by atoms with Crippen LogP contribution in [-0.4, -0.2) is 41.8 Å². The Labute approximate surface area is 166 Å². The SMILES string of the molecule is CCOc1ccc([C@]2(O)[C@H](C)[N+]3=C(CCCC3)N2c2ccc(OC)cc2)cc1. The predicted molar refractivity (Wildman–Crippen MR) is 110 cm³/mol. The third-order valence-corrected chi connectivity index (χ3v) is 5.95. The molecule has 2 aliphatic heterocycles. The molecule has 0 radical (unpaired) electrons. The largest absolute Gasteiger partial charge is 0.497 e. The van der Waals surface area contributed by atoms with Crippen LogP contribution >= 0.6 is 0 Å². The number of benzene rings is 2. The fraction of sp³-hybridized carbons (Fsp3) is 0.435. The monoisotopic (exact) mass is 381 g/mol. The van der Waals surface area contributed by atoms with E-state index >= 15 is 0 Å². The Kier molecular flexibility index (Phi) is 5.02. The van der Waals surface area contributed by atoms with E-state index in [-0.39, 0.29) is 6.04 Å². The summed E-state index contributed by atoms with van der Waals surface area (Å²) in [5.74, 6) is 2.83. The van der Waals surface area contributed by atoms with Crippen LogP contribution in [0.2, 0.25) is 0 Å². The Morgan fingerprint density at radius 1 is 1.07 bits per heavy atom. The summed E-state index contributed by atoms with van der Waals surface area (Å²) in [5, 5.41) is 12.1. The minimum atomic E-state index is -1.14. The molecule has 0 amide bonds. The summed E-state index contributed by atoms with van der Waals surface area (Å²) < 4.78 is 13.3. The highest BCUT2D eigenvalue weighted by Crippen LogP contribution is 2.42. The van der Waals surface area contributed by atoms with Gasteiger partial charge in [-0.2, -0.15) is 4.90 Å². The van der Waals surface area contributed by atoms with Crippen molar-refractivity contribution < 1.29 is 19.2 Å². The lowest BCUT2D eigenvalue weighted by atomic mass is 9.94. The minimum absolute atomic E-state index is 0.0529. The van der Waals surface area contributed by atoms with Crippen LogP contribution in [0.1, 0.15) is 38.7 Å². The topological polar surface area (TPSA) is 44.9 Å². The zero-order valence-electron chi connectivity index (χ0n) is 16.9.